The first-order valence-corrected chi connectivity index (χ1v) is 15.8. The molecule has 0 bridgehead atoms. The molecule has 2 amide bonds. The first kappa shape index (κ1) is 32.3. The quantitative estimate of drug-likeness (QED) is 0.0532. The second-order valence-electron chi connectivity index (χ2n) is 7.54. The van der Waals surface area contributed by atoms with E-state index in [0.29, 0.717) is 24.6 Å². The van der Waals surface area contributed by atoms with Crippen LogP contribution in [0.1, 0.15) is 11.1 Å². The van der Waals surface area contributed by atoms with Crippen molar-refractivity contribution in [3.8, 4) is 11.5 Å². The molecular formula is C24H28I2N4O6S2. The van der Waals surface area contributed by atoms with Crippen LogP contribution in [0.15, 0.2) is 46.7 Å². The van der Waals surface area contributed by atoms with Gasteiger partial charge < -0.3 is 30.5 Å². The second-order valence-corrected chi connectivity index (χ2v) is 12.6. The van der Waals surface area contributed by atoms with Crippen molar-refractivity contribution in [3.05, 3.63) is 54.7 Å². The number of halogens is 2. The summed E-state index contributed by atoms with van der Waals surface area (Å²) in [4.78, 5) is 24.7. The average Bonchev–Trinajstić information content (AvgIpc) is 2.91. The van der Waals surface area contributed by atoms with E-state index in [2.05, 4.69) is 66.1 Å². The molecule has 0 spiro atoms. The summed E-state index contributed by atoms with van der Waals surface area (Å²) in [7, 11) is 6.26. The summed E-state index contributed by atoms with van der Waals surface area (Å²) < 4.78 is 12.3. The molecule has 10 nitrogen and oxygen atoms in total. The van der Waals surface area contributed by atoms with Crippen LogP contribution in [0.4, 0.5) is 0 Å². The van der Waals surface area contributed by atoms with E-state index in [9.17, 15) is 20.0 Å². The lowest BCUT2D eigenvalue weighted by atomic mass is 10.1. The highest BCUT2D eigenvalue weighted by molar-refractivity contribution is 14.1. The fourth-order valence-corrected chi connectivity index (χ4v) is 6.50. The number of carbonyl (C=O) groups is 2. The number of hydrogen-bond donors (Lipinski definition) is 4. The van der Waals surface area contributed by atoms with Gasteiger partial charge in [-0.2, -0.15) is 0 Å². The number of nitrogens with zero attached hydrogens (tertiary/aromatic N) is 2. The van der Waals surface area contributed by atoms with Crippen LogP contribution >= 0.6 is 66.8 Å². The molecule has 0 aliphatic heterocycles. The van der Waals surface area contributed by atoms with Crippen molar-refractivity contribution in [1.82, 2.24) is 10.6 Å². The van der Waals surface area contributed by atoms with E-state index >= 15 is 0 Å². The summed E-state index contributed by atoms with van der Waals surface area (Å²) in [6.07, 6.45) is 0.390. The van der Waals surface area contributed by atoms with E-state index in [1.165, 1.54) is 21.6 Å². The molecule has 0 saturated carbocycles. The van der Waals surface area contributed by atoms with Crippen molar-refractivity contribution in [2.45, 2.75) is 12.8 Å². The van der Waals surface area contributed by atoms with Crippen LogP contribution in [-0.2, 0) is 22.4 Å². The molecule has 0 aliphatic rings. The number of amides is 2. The van der Waals surface area contributed by atoms with Gasteiger partial charge >= 0.3 is 0 Å². The zero-order chi connectivity index (χ0) is 27.9. The standard InChI is InChI=1S/C24H28I2N4O6S2/c1-35-21-5-3-15(11-17(21)25)13-19(29-33)23(31)27-7-9-37-38-10-8-28-24(32)20(30-34)14-16-4-6-22(36-2)18(26)12-16/h3-6,11-12,33-34H,7-10,13-14H2,1-2H3,(H,27,31)(H,28,32)/b29-19+,30-20+. The van der Waals surface area contributed by atoms with E-state index in [1.807, 2.05) is 24.3 Å². The molecule has 2 rings (SSSR count). The Morgan fingerprint density at radius 3 is 1.50 bits per heavy atom. The van der Waals surface area contributed by atoms with Crippen molar-refractivity contribution in [2.75, 3.05) is 38.8 Å². The van der Waals surface area contributed by atoms with Crippen LogP contribution in [-0.4, -0.2) is 72.5 Å². The highest BCUT2D eigenvalue weighted by Crippen LogP contribution is 2.23. The minimum absolute atomic E-state index is 0.0250. The Morgan fingerprint density at radius 2 is 1.18 bits per heavy atom. The lowest BCUT2D eigenvalue weighted by Gasteiger charge is -2.09. The molecule has 2 aromatic rings. The molecule has 4 N–H and O–H groups in total. The molecule has 0 fully saturated rings. The monoisotopic (exact) mass is 786 g/mol. The van der Waals surface area contributed by atoms with Crippen molar-refractivity contribution < 1.29 is 29.5 Å². The van der Waals surface area contributed by atoms with E-state index in [4.69, 9.17) is 9.47 Å². The number of rotatable bonds is 15. The Kier molecular flexibility index (Phi) is 15.0. The molecule has 14 heteroatoms. The molecule has 0 unspecified atom stereocenters. The average molecular weight is 786 g/mol. The highest BCUT2D eigenvalue weighted by atomic mass is 127. The molecule has 0 aliphatic carbocycles. The summed E-state index contributed by atoms with van der Waals surface area (Å²) in [5.74, 6) is 1.87. The molecule has 0 atom stereocenters. The minimum atomic E-state index is -0.432. The van der Waals surface area contributed by atoms with Gasteiger partial charge in [-0.25, -0.2) is 0 Å². The topological polar surface area (TPSA) is 142 Å². The number of oxime groups is 2. The van der Waals surface area contributed by atoms with Gasteiger partial charge in [0.15, 0.2) is 0 Å². The SMILES string of the molecule is COc1ccc(C/C(=N\O)C(=O)NCCSSCCNC(=O)/C(Cc2ccc(OC)c(I)c2)=N/O)cc1I. The van der Waals surface area contributed by atoms with Crippen molar-refractivity contribution >= 4 is 90.0 Å². The Bertz CT molecular complexity index is 1080. The van der Waals surface area contributed by atoms with Gasteiger partial charge in [-0.15, -0.1) is 0 Å². The summed E-state index contributed by atoms with van der Waals surface area (Å²) in [6, 6.07) is 11.0. The van der Waals surface area contributed by atoms with Gasteiger partial charge in [0.2, 0.25) is 0 Å². The van der Waals surface area contributed by atoms with Crippen LogP contribution in [0, 0.1) is 7.14 Å². The zero-order valence-electron chi connectivity index (χ0n) is 20.7. The van der Waals surface area contributed by atoms with Gasteiger partial charge in [0.05, 0.1) is 21.4 Å². The summed E-state index contributed by atoms with van der Waals surface area (Å²) in [6.45, 7) is 0.786. The number of nitrogens with one attached hydrogen (secondary N) is 2. The van der Waals surface area contributed by atoms with E-state index < -0.39 is 11.8 Å². The summed E-state index contributed by atoms with van der Waals surface area (Å²) in [5.41, 5.74) is 1.71. The molecule has 0 radical (unpaired) electrons. The maximum Gasteiger partial charge on any atom is 0.269 e. The molecule has 0 saturated heterocycles. The fraction of sp³-hybridized carbons (Fsp3) is 0.333. The molecule has 0 aromatic heterocycles. The van der Waals surface area contributed by atoms with Gasteiger partial charge in [-0.05, 0) is 80.6 Å². The first-order valence-electron chi connectivity index (χ1n) is 11.2. The molecule has 206 valence electrons. The molecular weight excluding hydrogens is 758 g/mol. The van der Waals surface area contributed by atoms with Crippen LogP contribution in [0.3, 0.4) is 0 Å². The Balaban J connectivity index is 1.63. The van der Waals surface area contributed by atoms with Crippen molar-refractivity contribution in [2.24, 2.45) is 10.3 Å². The number of methoxy groups -OCH3 is 2. The fourth-order valence-electron chi connectivity index (χ4n) is 3.08. The van der Waals surface area contributed by atoms with Crippen LogP contribution in [0.25, 0.3) is 0 Å². The van der Waals surface area contributed by atoms with Crippen LogP contribution < -0.4 is 20.1 Å². The highest BCUT2D eigenvalue weighted by Gasteiger charge is 2.15. The van der Waals surface area contributed by atoms with Crippen LogP contribution in [0.5, 0.6) is 11.5 Å². The Labute approximate surface area is 256 Å². The maximum absolute atomic E-state index is 12.3. The molecule has 38 heavy (non-hydrogen) atoms. The van der Waals surface area contributed by atoms with E-state index in [-0.39, 0.29) is 24.3 Å². The van der Waals surface area contributed by atoms with Crippen molar-refractivity contribution in [1.29, 1.82) is 0 Å². The van der Waals surface area contributed by atoms with Crippen molar-refractivity contribution in [3.63, 3.8) is 0 Å². The normalized spacial score (nSPS) is 11.7. The van der Waals surface area contributed by atoms with Gasteiger partial charge in [-0.1, -0.05) is 44.0 Å². The second kappa shape index (κ2) is 17.6. The molecule has 2 aromatic carbocycles. The van der Waals surface area contributed by atoms with Gasteiger partial charge in [0, 0.05) is 37.4 Å². The third-order valence-corrected chi connectivity index (χ3v) is 9.06. The maximum atomic E-state index is 12.3. The number of carbonyl (C=O) groups excluding carboxylic acids is 2. The number of ether oxygens (including phenoxy) is 2. The smallest absolute Gasteiger partial charge is 0.269 e. The minimum Gasteiger partial charge on any atom is -0.496 e. The predicted molar refractivity (Wildman–Crippen MR) is 168 cm³/mol. The first-order chi connectivity index (χ1) is 18.3. The third kappa shape index (κ3) is 10.7. The third-order valence-electron chi connectivity index (χ3n) is 4.97. The number of hydrogen-bond acceptors (Lipinski definition) is 10. The van der Waals surface area contributed by atoms with E-state index in [0.717, 1.165) is 29.8 Å². The van der Waals surface area contributed by atoms with Crippen LogP contribution in [0.2, 0.25) is 0 Å². The predicted octanol–water partition coefficient (Wildman–Crippen LogP) is 3.97. The lowest BCUT2D eigenvalue weighted by molar-refractivity contribution is -0.115. The largest absolute Gasteiger partial charge is 0.496 e. The zero-order valence-corrected chi connectivity index (χ0v) is 26.6. The van der Waals surface area contributed by atoms with Gasteiger partial charge in [0.25, 0.3) is 11.8 Å². The van der Waals surface area contributed by atoms with Gasteiger partial charge in [-0.3, -0.25) is 9.59 Å². The van der Waals surface area contributed by atoms with E-state index in [1.54, 1.807) is 26.4 Å². The lowest BCUT2D eigenvalue weighted by Crippen LogP contribution is -2.34. The number of benzene rings is 2. The Morgan fingerprint density at radius 1 is 0.789 bits per heavy atom. The Hall–Kier alpha value is -1.92. The molecule has 0 heterocycles. The summed E-state index contributed by atoms with van der Waals surface area (Å²) in [5, 5.41) is 30.3. The van der Waals surface area contributed by atoms with Gasteiger partial charge in [0.1, 0.15) is 22.9 Å². The summed E-state index contributed by atoms with van der Waals surface area (Å²) >= 11 is 4.28.